The van der Waals surface area contributed by atoms with E-state index in [1.54, 1.807) is 0 Å². The van der Waals surface area contributed by atoms with E-state index in [-0.39, 0.29) is 11.8 Å². The van der Waals surface area contributed by atoms with E-state index in [0.717, 1.165) is 25.1 Å². The van der Waals surface area contributed by atoms with Crippen LogP contribution < -0.4 is 0 Å². The zero-order chi connectivity index (χ0) is 12.3. The van der Waals surface area contributed by atoms with Crippen molar-refractivity contribution in [3.63, 3.8) is 0 Å². The van der Waals surface area contributed by atoms with E-state index in [1.165, 1.54) is 18.4 Å². The molecule has 2 nitrogen and oxygen atoms in total. The van der Waals surface area contributed by atoms with Gasteiger partial charge in [0.05, 0.1) is 6.04 Å². The molecule has 0 amide bonds. The first-order valence-corrected chi connectivity index (χ1v) is 6.57. The second-order valence-electron chi connectivity index (χ2n) is 4.90. The molecule has 1 aromatic carbocycles. The van der Waals surface area contributed by atoms with Crippen LogP contribution in [0.25, 0.3) is 0 Å². The van der Waals surface area contributed by atoms with E-state index in [4.69, 9.17) is 0 Å². The SMILES string of the molecule is CC[C@@H](C(=O)c1ccc(C)cc1)N1CCCC1. The number of benzene rings is 1. The maximum Gasteiger partial charge on any atom is 0.179 e. The Hall–Kier alpha value is -1.15. The standard InChI is InChI=1S/C15H21NO/c1-3-14(16-10-4-5-11-16)15(17)13-8-6-12(2)7-9-13/h6-9,14H,3-5,10-11H2,1-2H3/t14-/m0/s1. The summed E-state index contributed by atoms with van der Waals surface area (Å²) in [5, 5.41) is 0. The van der Waals surface area contributed by atoms with Crippen molar-refractivity contribution in [1.29, 1.82) is 0 Å². The van der Waals surface area contributed by atoms with Crippen molar-refractivity contribution in [3.8, 4) is 0 Å². The molecule has 0 radical (unpaired) electrons. The van der Waals surface area contributed by atoms with E-state index >= 15 is 0 Å². The predicted molar refractivity (Wildman–Crippen MR) is 70.4 cm³/mol. The summed E-state index contributed by atoms with van der Waals surface area (Å²) < 4.78 is 0. The minimum absolute atomic E-state index is 0.0835. The largest absolute Gasteiger partial charge is 0.293 e. The van der Waals surface area contributed by atoms with Crippen LogP contribution in [-0.4, -0.2) is 29.8 Å². The quantitative estimate of drug-likeness (QED) is 0.742. The minimum atomic E-state index is 0.0835. The lowest BCUT2D eigenvalue weighted by Crippen LogP contribution is -2.38. The maximum absolute atomic E-state index is 12.4. The Balaban J connectivity index is 2.13. The average molecular weight is 231 g/mol. The van der Waals surface area contributed by atoms with E-state index in [1.807, 2.05) is 31.2 Å². The zero-order valence-corrected chi connectivity index (χ0v) is 10.8. The highest BCUT2D eigenvalue weighted by Crippen LogP contribution is 2.18. The molecule has 1 saturated heterocycles. The van der Waals surface area contributed by atoms with Gasteiger partial charge >= 0.3 is 0 Å². The van der Waals surface area contributed by atoms with Crippen LogP contribution in [0, 0.1) is 6.92 Å². The summed E-state index contributed by atoms with van der Waals surface area (Å²) >= 11 is 0. The summed E-state index contributed by atoms with van der Waals surface area (Å²) in [5.74, 6) is 0.286. The fraction of sp³-hybridized carbons (Fsp3) is 0.533. The van der Waals surface area contributed by atoms with Gasteiger partial charge in [-0.25, -0.2) is 0 Å². The molecule has 0 aliphatic carbocycles. The molecule has 1 aliphatic rings. The van der Waals surface area contributed by atoms with Crippen molar-refractivity contribution in [1.82, 2.24) is 4.90 Å². The summed E-state index contributed by atoms with van der Waals surface area (Å²) in [5.41, 5.74) is 2.06. The molecule has 0 aromatic heterocycles. The Morgan fingerprint density at radius 3 is 2.35 bits per heavy atom. The highest BCUT2D eigenvalue weighted by atomic mass is 16.1. The topological polar surface area (TPSA) is 20.3 Å². The van der Waals surface area contributed by atoms with E-state index < -0.39 is 0 Å². The van der Waals surface area contributed by atoms with Crippen LogP contribution in [0.15, 0.2) is 24.3 Å². The number of aryl methyl sites for hydroxylation is 1. The van der Waals surface area contributed by atoms with Gasteiger partial charge in [-0.05, 0) is 39.3 Å². The highest BCUT2D eigenvalue weighted by Gasteiger charge is 2.26. The third-order valence-corrected chi connectivity index (χ3v) is 3.61. The molecule has 1 heterocycles. The third-order valence-electron chi connectivity index (χ3n) is 3.61. The molecule has 1 atom stereocenters. The van der Waals surface area contributed by atoms with Gasteiger partial charge in [-0.15, -0.1) is 0 Å². The second kappa shape index (κ2) is 5.46. The average Bonchev–Trinajstić information content (AvgIpc) is 2.84. The van der Waals surface area contributed by atoms with Crippen molar-refractivity contribution in [3.05, 3.63) is 35.4 Å². The number of hydrogen-bond donors (Lipinski definition) is 0. The molecule has 0 saturated carbocycles. The van der Waals surface area contributed by atoms with Crippen molar-refractivity contribution in [2.45, 2.75) is 39.2 Å². The monoisotopic (exact) mass is 231 g/mol. The van der Waals surface area contributed by atoms with Crippen LogP contribution in [0.5, 0.6) is 0 Å². The molecular weight excluding hydrogens is 210 g/mol. The number of carbonyl (C=O) groups is 1. The molecule has 2 heteroatoms. The molecule has 1 aromatic rings. The fourth-order valence-electron chi connectivity index (χ4n) is 2.57. The normalized spacial score (nSPS) is 18.2. The number of hydrogen-bond acceptors (Lipinski definition) is 2. The summed E-state index contributed by atoms with van der Waals surface area (Å²) in [6, 6.07) is 8.03. The molecule has 0 unspecified atom stereocenters. The van der Waals surface area contributed by atoms with Crippen LogP contribution in [0.4, 0.5) is 0 Å². The Labute approximate surface area is 104 Å². The summed E-state index contributed by atoms with van der Waals surface area (Å²) in [4.78, 5) is 14.8. The van der Waals surface area contributed by atoms with Gasteiger partial charge in [-0.1, -0.05) is 36.8 Å². The van der Waals surface area contributed by atoms with Crippen LogP contribution >= 0.6 is 0 Å². The summed E-state index contributed by atoms with van der Waals surface area (Å²) in [7, 11) is 0. The first-order chi connectivity index (χ1) is 8.22. The van der Waals surface area contributed by atoms with Gasteiger partial charge in [0.25, 0.3) is 0 Å². The molecule has 0 N–H and O–H groups in total. The van der Waals surface area contributed by atoms with Crippen LogP contribution in [0.3, 0.4) is 0 Å². The maximum atomic E-state index is 12.4. The Morgan fingerprint density at radius 1 is 1.24 bits per heavy atom. The second-order valence-corrected chi connectivity index (χ2v) is 4.90. The summed E-state index contributed by atoms with van der Waals surface area (Å²) in [6.07, 6.45) is 3.38. The molecule has 0 bridgehead atoms. The molecule has 17 heavy (non-hydrogen) atoms. The molecule has 1 aliphatic heterocycles. The molecule has 0 spiro atoms. The number of carbonyl (C=O) groups excluding carboxylic acids is 1. The fourth-order valence-corrected chi connectivity index (χ4v) is 2.57. The van der Waals surface area contributed by atoms with Gasteiger partial charge in [-0.3, -0.25) is 9.69 Å². The number of Topliss-reactive ketones (excluding diaryl/α,β-unsaturated/α-hetero) is 1. The van der Waals surface area contributed by atoms with Crippen molar-refractivity contribution in [2.24, 2.45) is 0 Å². The molecular formula is C15H21NO. The predicted octanol–water partition coefficient (Wildman–Crippen LogP) is 3.05. The van der Waals surface area contributed by atoms with E-state index in [2.05, 4.69) is 11.8 Å². The number of likely N-dealkylation sites (tertiary alicyclic amines) is 1. The van der Waals surface area contributed by atoms with Gasteiger partial charge in [0.1, 0.15) is 0 Å². The lowest BCUT2D eigenvalue weighted by atomic mass is 10.00. The third kappa shape index (κ3) is 2.75. The molecule has 2 rings (SSSR count). The number of ketones is 1. The lowest BCUT2D eigenvalue weighted by molar-refractivity contribution is 0.0844. The zero-order valence-electron chi connectivity index (χ0n) is 10.8. The minimum Gasteiger partial charge on any atom is -0.293 e. The first kappa shape index (κ1) is 12.3. The van der Waals surface area contributed by atoms with Crippen LogP contribution in [0.2, 0.25) is 0 Å². The Bertz CT molecular complexity index is 376. The van der Waals surface area contributed by atoms with Gasteiger partial charge in [0, 0.05) is 5.56 Å². The Kier molecular flexibility index (Phi) is 3.95. The van der Waals surface area contributed by atoms with Crippen molar-refractivity contribution in [2.75, 3.05) is 13.1 Å². The summed E-state index contributed by atoms with van der Waals surface area (Å²) in [6.45, 7) is 6.31. The Morgan fingerprint density at radius 2 is 1.82 bits per heavy atom. The number of nitrogens with zero attached hydrogens (tertiary/aromatic N) is 1. The van der Waals surface area contributed by atoms with E-state index in [0.29, 0.717) is 0 Å². The van der Waals surface area contributed by atoms with E-state index in [9.17, 15) is 4.79 Å². The van der Waals surface area contributed by atoms with Gasteiger partial charge in [0.2, 0.25) is 0 Å². The lowest BCUT2D eigenvalue weighted by Gasteiger charge is -2.25. The van der Waals surface area contributed by atoms with Gasteiger partial charge in [-0.2, -0.15) is 0 Å². The molecule has 92 valence electrons. The van der Waals surface area contributed by atoms with Crippen LogP contribution in [0.1, 0.15) is 42.1 Å². The smallest absolute Gasteiger partial charge is 0.179 e. The van der Waals surface area contributed by atoms with Crippen LogP contribution in [-0.2, 0) is 0 Å². The van der Waals surface area contributed by atoms with Gasteiger partial charge in [0.15, 0.2) is 5.78 Å². The first-order valence-electron chi connectivity index (χ1n) is 6.57. The number of rotatable bonds is 4. The molecule has 1 fully saturated rings. The van der Waals surface area contributed by atoms with Gasteiger partial charge < -0.3 is 0 Å². The highest BCUT2D eigenvalue weighted by molar-refractivity contribution is 6.00. The van der Waals surface area contributed by atoms with Crippen molar-refractivity contribution >= 4 is 5.78 Å². The van der Waals surface area contributed by atoms with Crippen molar-refractivity contribution < 1.29 is 4.79 Å².